The Morgan fingerprint density at radius 1 is 1.31 bits per heavy atom. The van der Waals surface area contributed by atoms with E-state index >= 15 is 0 Å². The number of hydrogen-bond donors (Lipinski definition) is 1. The molecule has 1 unspecified atom stereocenters. The first-order valence-electron chi connectivity index (χ1n) is 8.58. The SMILES string of the molecule is CC(C)Cn1nc(C(=O)N2CCOC(C(N)=O)C2)c2ccccc2c1=O. The Hall–Kier alpha value is -2.74. The van der Waals surface area contributed by atoms with Crippen molar-refractivity contribution in [2.75, 3.05) is 19.7 Å². The summed E-state index contributed by atoms with van der Waals surface area (Å²) in [5.41, 5.74) is 5.27. The molecule has 0 radical (unpaired) electrons. The van der Waals surface area contributed by atoms with Crippen molar-refractivity contribution in [2.45, 2.75) is 26.5 Å². The van der Waals surface area contributed by atoms with Gasteiger partial charge in [0.25, 0.3) is 11.5 Å². The number of morpholine rings is 1. The number of carbonyl (C=O) groups is 2. The maximum Gasteiger partial charge on any atom is 0.275 e. The molecule has 3 rings (SSSR count). The van der Waals surface area contributed by atoms with Gasteiger partial charge >= 0.3 is 0 Å². The van der Waals surface area contributed by atoms with Gasteiger partial charge in [0.2, 0.25) is 5.91 Å². The third-order valence-electron chi connectivity index (χ3n) is 4.28. The van der Waals surface area contributed by atoms with Crippen molar-refractivity contribution in [3.63, 3.8) is 0 Å². The Morgan fingerprint density at radius 2 is 2.00 bits per heavy atom. The smallest absolute Gasteiger partial charge is 0.275 e. The van der Waals surface area contributed by atoms with Crippen LogP contribution in [-0.2, 0) is 16.1 Å². The van der Waals surface area contributed by atoms with Crippen LogP contribution in [0.1, 0.15) is 24.3 Å². The number of aromatic nitrogens is 2. The van der Waals surface area contributed by atoms with Crippen LogP contribution in [0.15, 0.2) is 29.1 Å². The van der Waals surface area contributed by atoms with E-state index < -0.39 is 12.0 Å². The van der Waals surface area contributed by atoms with E-state index in [9.17, 15) is 14.4 Å². The number of primary amides is 1. The highest BCUT2D eigenvalue weighted by Crippen LogP contribution is 2.17. The Labute approximate surface area is 150 Å². The molecule has 2 N–H and O–H groups in total. The summed E-state index contributed by atoms with van der Waals surface area (Å²) in [6.07, 6.45) is -0.833. The average molecular weight is 358 g/mol. The normalized spacial score (nSPS) is 17.7. The molecule has 0 spiro atoms. The highest BCUT2D eigenvalue weighted by Gasteiger charge is 2.30. The van der Waals surface area contributed by atoms with Crippen molar-refractivity contribution in [2.24, 2.45) is 11.7 Å². The van der Waals surface area contributed by atoms with Crippen LogP contribution in [0.25, 0.3) is 10.8 Å². The largest absolute Gasteiger partial charge is 0.367 e. The summed E-state index contributed by atoms with van der Waals surface area (Å²) < 4.78 is 6.63. The number of rotatable bonds is 4. The van der Waals surface area contributed by atoms with Gasteiger partial charge in [0, 0.05) is 18.5 Å². The fraction of sp³-hybridized carbons (Fsp3) is 0.444. The van der Waals surface area contributed by atoms with Gasteiger partial charge in [-0.25, -0.2) is 4.68 Å². The standard InChI is InChI=1S/C18H22N4O4/c1-11(2)9-22-17(24)13-6-4-3-5-12(13)15(20-22)18(25)21-7-8-26-14(10-21)16(19)23/h3-6,11,14H,7-10H2,1-2H3,(H2,19,23). The van der Waals surface area contributed by atoms with Crippen LogP contribution in [0.5, 0.6) is 0 Å². The lowest BCUT2D eigenvalue weighted by Gasteiger charge is -2.31. The number of ether oxygens (including phenoxy) is 1. The zero-order chi connectivity index (χ0) is 18.8. The van der Waals surface area contributed by atoms with Crippen LogP contribution in [0.4, 0.5) is 0 Å². The van der Waals surface area contributed by atoms with E-state index in [-0.39, 0.29) is 36.2 Å². The van der Waals surface area contributed by atoms with Gasteiger partial charge in [-0.2, -0.15) is 5.10 Å². The molecule has 0 aliphatic carbocycles. The van der Waals surface area contributed by atoms with Crippen LogP contribution >= 0.6 is 0 Å². The van der Waals surface area contributed by atoms with Gasteiger partial charge in [0.15, 0.2) is 11.8 Å². The summed E-state index contributed by atoms with van der Waals surface area (Å²) in [5.74, 6) is -0.745. The number of fused-ring (bicyclic) bond motifs is 1. The van der Waals surface area contributed by atoms with E-state index in [1.165, 1.54) is 9.58 Å². The lowest BCUT2D eigenvalue weighted by molar-refractivity contribution is -0.133. The van der Waals surface area contributed by atoms with E-state index in [1.807, 2.05) is 13.8 Å². The van der Waals surface area contributed by atoms with Crippen LogP contribution in [0, 0.1) is 5.92 Å². The minimum Gasteiger partial charge on any atom is -0.367 e. The van der Waals surface area contributed by atoms with E-state index in [1.54, 1.807) is 24.3 Å². The van der Waals surface area contributed by atoms with E-state index in [0.29, 0.717) is 23.9 Å². The molecule has 26 heavy (non-hydrogen) atoms. The summed E-state index contributed by atoms with van der Waals surface area (Å²) in [5, 5.41) is 5.30. The first-order valence-corrected chi connectivity index (χ1v) is 8.58. The molecule has 1 aromatic carbocycles. The highest BCUT2D eigenvalue weighted by atomic mass is 16.5. The van der Waals surface area contributed by atoms with Gasteiger partial charge in [0.1, 0.15) is 0 Å². The number of hydrogen-bond acceptors (Lipinski definition) is 5. The lowest BCUT2D eigenvalue weighted by Crippen LogP contribution is -2.50. The minimum absolute atomic E-state index is 0.0769. The maximum atomic E-state index is 13.1. The molecule has 1 fully saturated rings. The Morgan fingerprint density at radius 3 is 2.65 bits per heavy atom. The first-order chi connectivity index (χ1) is 12.4. The number of benzene rings is 1. The molecule has 2 amide bonds. The highest BCUT2D eigenvalue weighted by molar-refractivity contribution is 6.05. The van der Waals surface area contributed by atoms with E-state index in [0.717, 1.165) is 0 Å². The number of nitrogens with zero attached hydrogens (tertiary/aromatic N) is 3. The summed E-state index contributed by atoms with van der Waals surface area (Å²) >= 11 is 0. The molecule has 0 bridgehead atoms. The average Bonchev–Trinajstić information content (AvgIpc) is 2.63. The monoisotopic (exact) mass is 358 g/mol. The van der Waals surface area contributed by atoms with Crippen LogP contribution in [-0.4, -0.2) is 52.3 Å². The van der Waals surface area contributed by atoms with Crippen molar-refractivity contribution in [1.82, 2.24) is 14.7 Å². The molecular formula is C18H22N4O4. The summed E-state index contributed by atoms with van der Waals surface area (Å²) in [7, 11) is 0. The zero-order valence-electron chi connectivity index (χ0n) is 14.8. The zero-order valence-corrected chi connectivity index (χ0v) is 14.8. The molecule has 1 aromatic heterocycles. The number of carbonyl (C=O) groups excluding carboxylic acids is 2. The van der Waals surface area contributed by atoms with Gasteiger partial charge in [0.05, 0.1) is 18.5 Å². The van der Waals surface area contributed by atoms with Gasteiger partial charge in [-0.05, 0) is 12.0 Å². The fourth-order valence-electron chi connectivity index (χ4n) is 3.02. The molecule has 0 saturated carbocycles. The van der Waals surface area contributed by atoms with Crippen molar-refractivity contribution in [1.29, 1.82) is 0 Å². The van der Waals surface area contributed by atoms with Crippen LogP contribution in [0.3, 0.4) is 0 Å². The topological polar surface area (TPSA) is 108 Å². The summed E-state index contributed by atoms with van der Waals surface area (Å²) in [6.45, 7) is 5.00. The predicted octanol–water partition coefficient (Wildman–Crippen LogP) is 0.379. The lowest BCUT2D eigenvalue weighted by atomic mass is 10.1. The summed E-state index contributed by atoms with van der Waals surface area (Å²) in [4.78, 5) is 38.6. The molecule has 8 heteroatoms. The number of amides is 2. The van der Waals surface area contributed by atoms with Gasteiger partial charge in [-0.3, -0.25) is 14.4 Å². The van der Waals surface area contributed by atoms with Crippen molar-refractivity contribution >= 4 is 22.6 Å². The second-order valence-electron chi connectivity index (χ2n) is 6.79. The van der Waals surface area contributed by atoms with Crippen LogP contribution < -0.4 is 11.3 Å². The molecule has 138 valence electrons. The molecule has 2 aromatic rings. The van der Waals surface area contributed by atoms with Crippen LogP contribution in [0.2, 0.25) is 0 Å². The third kappa shape index (κ3) is 3.45. The number of nitrogens with two attached hydrogens (primary N) is 1. The van der Waals surface area contributed by atoms with Crippen molar-refractivity contribution in [3.8, 4) is 0 Å². The molecule has 1 aliphatic rings. The molecule has 1 saturated heterocycles. The maximum absolute atomic E-state index is 13.1. The van der Waals surface area contributed by atoms with Gasteiger partial charge < -0.3 is 15.4 Å². The fourth-order valence-corrected chi connectivity index (χ4v) is 3.02. The van der Waals surface area contributed by atoms with Crippen molar-refractivity contribution in [3.05, 3.63) is 40.3 Å². The third-order valence-corrected chi connectivity index (χ3v) is 4.28. The van der Waals surface area contributed by atoms with E-state index in [2.05, 4.69) is 5.10 Å². The van der Waals surface area contributed by atoms with Crippen molar-refractivity contribution < 1.29 is 14.3 Å². The molecule has 2 heterocycles. The second-order valence-corrected chi connectivity index (χ2v) is 6.79. The first kappa shape index (κ1) is 18.1. The molecular weight excluding hydrogens is 336 g/mol. The van der Waals surface area contributed by atoms with E-state index in [4.69, 9.17) is 10.5 Å². The Balaban J connectivity index is 2.05. The molecule has 1 atom stereocenters. The predicted molar refractivity (Wildman–Crippen MR) is 95.7 cm³/mol. The second kappa shape index (κ2) is 7.25. The summed E-state index contributed by atoms with van der Waals surface area (Å²) in [6, 6.07) is 6.93. The Bertz CT molecular complexity index is 906. The Kier molecular flexibility index (Phi) is 5.03. The van der Waals surface area contributed by atoms with Gasteiger partial charge in [-0.15, -0.1) is 0 Å². The quantitative estimate of drug-likeness (QED) is 0.850. The van der Waals surface area contributed by atoms with Gasteiger partial charge in [-0.1, -0.05) is 32.0 Å². The molecule has 1 aliphatic heterocycles. The minimum atomic E-state index is -0.833. The molecule has 8 nitrogen and oxygen atoms in total.